The number of nitrogens with one attached hydrogen (secondary N) is 1. The molecule has 3 N–H and O–H groups in total. The Balaban J connectivity index is 0.00000200. The van der Waals surface area contributed by atoms with Crippen LogP contribution < -0.4 is 11.1 Å². The summed E-state index contributed by atoms with van der Waals surface area (Å²) >= 11 is 6.96. The van der Waals surface area contributed by atoms with Crippen LogP contribution in [0, 0.1) is 11.3 Å². The van der Waals surface area contributed by atoms with E-state index in [2.05, 4.69) is 48.1 Å². The molecule has 1 aliphatic heterocycles. The number of hydrogen-bond donors (Lipinski definition) is 2. The highest BCUT2D eigenvalue weighted by molar-refractivity contribution is 9.11. The Kier molecular flexibility index (Phi) is 9.87. The van der Waals surface area contributed by atoms with Crippen molar-refractivity contribution in [3.8, 4) is 6.07 Å². The number of rotatable bonds is 3. The van der Waals surface area contributed by atoms with Gasteiger partial charge < -0.3 is 11.1 Å². The Hall–Kier alpha value is -0.0300. The number of halogens is 4. The summed E-state index contributed by atoms with van der Waals surface area (Å²) in [6.45, 7) is 3.79. The molecule has 118 valence electrons. The number of nitrogens with two attached hydrogens (primary N) is 1. The number of benzene rings is 1. The highest BCUT2D eigenvalue weighted by Gasteiger charge is 2.24. The third kappa shape index (κ3) is 5.27. The van der Waals surface area contributed by atoms with Crippen LogP contribution >= 0.6 is 56.7 Å². The summed E-state index contributed by atoms with van der Waals surface area (Å²) in [5.74, 6) is 0. The molecule has 2 rings (SSSR count). The summed E-state index contributed by atoms with van der Waals surface area (Å²) in [5, 5.41) is 12.4. The van der Waals surface area contributed by atoms with Crippen molar-refractivity contribution in [2.24, 2.45) is 0 Å². The highest BCUT2D eigenvalue weighted by atomic mass is 79.9. The monoisotopic (exact) mass is 458 g/mol. The predicted molar refractivity (Wildman–Crippen MR) is 98.2 cm³/mol. The molecule has 0 amide bonds. The van der Waals surface area contributed by atoms with Crippen molar-refractivity contribution >= 4 is 62.4 Å². The maximum Gasteiger partial charge on any atom is 0.0641 e. The molecule has 0 aliphatic carbocycles. The minimum Gasteiger partial charge on any atom is -0.398 e. The maximum absolute atomic E-state index is 9.10. The van der Waals surface area contributed by atoms with Gasteiger partial charge in [0.25, 0.3) is 0 Å². The van der Waals surface area contributed by atoms with Crippen LogP contribution in [0.25, 0.3) is 0 Å². The van der Waals surface area contributed by atoms with Crippen molar-refractivity contribution < 1.29 is 0 Å². The first-order valence-corrected chi connectivity index (χ1v) is 7.78. The number of piperazine rings is 1. The molecule has 21 heavy (non-hydrogen) atoms. The fourth-order valence-corrected chi connectivity index (χ4v) is 3.65. The molecule has 1 aromatic rings. The van der Waals surface area contributed by atoms with Gasteiger partial charge in [0.05, 0.1) is 18.2 Å². The fourth-order valence-electron chi connectivity index (χ4n) is 2.40. The lowest BCUT2D eigenvalue weighted by Gasteiger charge is -2.34. The van der Waals surface area contributed by atoms with Crippen molar-refractivity contribution in [2.75, 3.05) is 31.9 Å². The lowest BCUT2D eigenvalue weighted by atomic mass is 10.00. The van der Waals surface area contributed by atoms with Crippen molar-refractivity contribution in [1.82, 2.24) is 10.2 Å². The average Bonchev–Trinajstić information content (AvgIpc) is 2.41. The van der Waals surface area contributed by atoms with Crippen LogP contribution in [0.3, 0.4) is 0 Å². The summed E-state index contributed by atoms with van der Waals surface area (Å²) in [5.41, 5.74) is 7.91. The smallest absolute Gasteiger partial charge is 0.0641 e. The summed E-state index contributed by atoms with van der Waals surface area (Å²) in [7, 11) is 0. The Morgan fingerprint density at radius 2 is 1.90 bits per heavy atom. The van der Waals surface area contributed by atoms with Gasteiger partial charge in [0.1, 0.15) is 0 Å². The van der Waals surface area contributed by atoms with Gasteiger partial charge in [-0.15, -0.1) is 24.8 Å². The van der Waals surface area contributed by atoms with Crippen molar-refractivity contribution in [1.29, 1.82) is 5.26 Å². The Bertz CT molecular complexity index is 502. The van der Waals surface area contributed by atoms with Gasteiger partial charge >= 0.3 is 0 Å². The quantitative estimate of drug-likeness (QED) is 0.677. The lowest BCUT2D eigenvalue weighted by Crippen LogP contribution is -2.45. The predicted octanol–water partition coefficient (Wildman–Crippen LogP) is 3.50. The molecule has 0 bridgehead atoms. The molecule has 1 aliphatic rings. The lowest BCUT2D eigenvalue weighted by molar-refractivity contribution is 0.176. The molecule has 0 spiro atoms. The zero-order valence-corrected chi connectivity index (χ0v) is 16.1. The maximum atomic E-state index is 9.10. The Labute approximate surface area is 154 Å². The summed E-state index contributed by atoms with van der Waals surface area (Å²) in [4.78, 5) is 2.32. The summed E-state index contributed by atoms with van der Waals surface area (Å²) < 4.78 is 1.84. The van der Waals surface area contributed by atoms with Gasteiger partial charge in [-0.3, -0.25) is 4.90 Å². The molecule has 1 aromatic carbocycles. The van der Waals surface area contributed by atoms with E-state index in [1.54, 1.807) is 0 Å². The van der Waals surface area contributed by atoms with Crippen LogP contribution in [0.15, 0.2) is 21.1 Å². The van der Waals surface area contributed by atoms with E-state index < -0.39 is 0 Å². The molecule has 8 heteroatoms. The Morgan fingerprint density at radius 3 is 2.48 bits per heavy atom. The van der Waals surface area contributed by atoms with Gasteiger partial charge in [0, 0.05) is 41.2 Å². The minimum atomic E-state index is 0. The SMILES string of the molecule is Cl.Cl.N#CC[C@H](c1cc(Br)cc(Br)c1N)N1CCNCC1. The Morgan fingerprint density at radius 1 is 1.29 bits per heavy atom. The molecule has 0 saturated carbocycles. The highest BCUT2D eigenvalue weighted by Crippen LogP contribution is 2.36. The molecular formula is C13H18Br2Cl2N4. The molecule has 1 heterocycles. The molecule has 1 fully saturated rings. The van der Waals surface area contributed by atoms with E-state index in [0.717, 1.165) is 46.4 Å². The van der Waals surface area contributed by atoms with Gasteiger partial charge in [-0.25, -0.2) is 0 Å². The minimum absolute atomic E-state index is 0. The third-order valence-corrected chi connectivity index (χ3v) is 4.48. The molecule has 0 radical (unpaired) electrons. The molecular weight excluding hydrogens is 443 g/mol. The first-order chi connectivity index (χ1) is 9.13. The molecule has 0 aromatic heterocycles. The van der Waals surface area contributed by atoms with Crippen molar-refractivity contribution in [3.05, 3.63) is 26.6 Å². The first kappa shape index (κ1) is 21.0. The average molecular weight is 461 g/mol. The molecule has 1 atom stereocenters. The van der Waals surface area contributed by atoms with Crippen LogP contribution in [-0.4, -0.2) is 31.1 Å². The van der Waals surface area contributed by atoms with Crippen LogP contribution in [0.4, 0.5) is 5.69 Å². The van der Waals surface area contributed by atoms with Crippen LogP contribution in [0.1, 0.15) is 18.0 Å². The summed E-state index contributed by atoms with van der Waals surface area (Å²) in [6.07, 6.45) is 0.451. The molecule has 1 saturated heterocycles. The molecule has 0 unspecified atom stereocenters. The van der Waals surface area contributed by atoms with E-state index in [4.69, 9.17) is 11.0 Å². The van der Waals surface area contributed by atoms with E-state index in [0.29, 0.717) is 6.42 Å². The topological polar surface area (TPSA) is 65.1 Å². The van der Waals surface area contributed by atoms with Gasteiger partial charge in [0.15, 0.2) is 0 Å². The molecule has 4 nitrogen and oxygen atoms in total. The third-order valence-electron chi connectivity index (χ3n) is 3.36. The standard InChI is InChI=1S/C13H16Br2N4.2ClH/c14-9-7-10(13(17)11(15)8-9)12(1-2-16)19-5-3-18-4-6-19;;/h7-8,12,18H,1,3-6,17H2;2*1H/t12-;;/m1../s1. The second kappa shape index (κ2) is 9.88. The second-order valence-corrected chi connectivity index (χ2v) is 6.32. The zero-order chi connectivity index (χ0) is 13.8. The van der Waals surface area contributed by atoms with Crippen LogP contribution in [-0.2, 0) is 0 Å². The van der Waals surface area contributed by atoms with Crippen LogP contribution in [0.5, 0.6) is 0 Å². The van der Waals surface area contributed by atoms with Gasteiger partial charge in [-0.2, -0.15) is 5.26 Å². The zero-order valence-electron chi connectivity index (χ0n) is 11.3. The van der Waals surface area contributed by atoms with Crippen molar-refractivity contribution in [2.45, 2.75) is 12.5 Å². The number of hydrogen-bond acceptors (Lipinski definition) is 4. The number of anilines is 1. The van der Waals surface area contributed by atoms with Crippen molar-refractivity contribution in [3.63, 3.8) is 0 Å². The van der Waals surface area contributed by atoms with Gasteiger partial charge in [-0.05, 0) is 33.6 Å². The largest absolute Gasteiger partial charge is 0.398 e. The van der Waals surface area contributed by atoms with E-state index >= 15 is 0 Å². The normalized spacial score (nSPS) is 16.2. The van der Waals surface area contributed by atoms with Gasteiger partial charge in [0.2, 0.25) is 0 Å². The van der Waals surface area contributed by atoms with Crippen LogP contribution in [0.2, 0.25) is 0 Å². The first-order valence-electron chi connectivity index (χ1n) is 6.19. The fraction of sp³-hybridized carbons (Fsp3) is 0.462. The van der Waals surface area contributed by atoms with E-state index in [9.17, 15) is 0 Å². The van der Waals surface area contributed by atoms with E-state index in [-0.39, 0.29) is 30.9 Å². The number of nitrogens with zero attached hydrogens (tertiary/aromatic N) is 2. The number of nitriles is 1. The van der Waals surface area contributed by atoms with Gasteiger partial charge in [-0.1, -0.05) is 15.9 Å². The van der Waals surface area contributed by atoms with E-state index in [1.165, 1.54) is 0 Å². The van der Waals surface area contributed by atoms with E-state index in [1.807, 2.05) is 12.1 Å². The summed E-state index contributed by atoms with van der Waals surface area (Å²) in [6, 6.07) is 6.29. The second-order valence-electron chi connectivity index (χ2n) is 4.55. The number of nitrogen functional groups attached to an aromatic ring is 1.